The molecule has 0 radical (unpaired) electrons. The summed E-state index contributed by atoms with van der Waals surface area (Å²) in [4.78, 5) is 12.9. The number of carbonyl (C=O) groups is 1. The number of aromatic nitrogens is 3. The number of anilines is 1. The number of hydrogen-bond donors (Lipinski definition) is 1. The van der Waals surface area contributed by atoms with Gasteiger partial charge in [0.15, 0.2) is 11.5 Å². The van der Waals surface area contributed by atoms with Crippen molar-refractivity contribution in [3.63, 3.8) is 0 Å². The first-order valence-electron chi connectivity index (χ1n) is 10.1. The van der Waals surface area contributed by atoms with E-state index in [9.17, 15) is 4.79 Å². The van der Waals surface area contributed by atoms with Gasteiger partial charge in [-0.05, 0) is 54.4 Å². The van der Waals surface area contributed by atoms with E-state index in [0.29, 0.717) is 33.9 Å². The van der Waals surface area contributed by atoms with E-state index in [1.807, 2.05) is 44.3 Å². The van der Waals surface area contributed by atoms with Crippen molar-refractivity contribution in [3.05, 3.63) is 92.9 Å². The van der Waals surface area contributed by atoms with Crippen LogP contribution in [0.15, 0.2) is 63.7 Å². The maximum atomic E-state index is 12.9. The first-order chi connectivity index (χ1) is 15.4. The van der Waals surface area contributed by atoms with Gasteiger partial charge < -0.3 is 14.6 Å². The molecule has 164 valence electrons. The maximum Gasteiger partial charge on any atom is 0.279 e. The number of hydrogen-bond acceptors (Lipinski definition) is 5. The fourth-order valence-corrected chi connectivity index (χ4v) is 3.55. The summed E-state index contributed by atoms with van der Waals surface area (Å²) in [5.41, 5.74) is 4.23. The molecule has 0 spiro atoms. The highest BCUT2D eigenvalue weighted by atomic mass is 79.9. The molecule has 0 unspecified atom stereocenters. The number of nitrogens with zero attached hydrogens (tertiary/aromatic N) is 3. The minimum Gasteiger partial charge on any atom is -0.489 e. The van der Waals surface area contributed by atoms with Crippen molar-refractivity contribution in [1.29, 1.82) is 0 Å². The Kier molecular flexibility index (Phi) is 6.41. The molecule has 0 saturated heterocycles. The van der Waals surface area contributed by atoms with Gasteiger partial charge in [-0.1, -0.05) is 52.7 Å². The van der Waals surface area contributed by atoms with Gasteiger partial charge in [-0.2, -0.15) is 5.10 Å². The molecule has 2 aromatic carbocycles. The highest BCUT2D eigenvalue weighted by Gasteiger charge is 2.22. The molecule has 0 fully saturated rings. The Balaban J connectivity index is 1.45. The van der Waals surface area contributed by atoms with Crippen LogP contribution in [0.1, 0.15) is 38.5 Å². The van der Waals surface area contributed by atoms with Crippen LogP contribution in [0.5, 0.6) is 5.75 Å². The van der Waals surface area contributed by atoms with E-state index in [1.54, 1.807) is 11.6 Å². The van der Waals surface area contributed by atoms with Crippen molar-refractivity contribution in [2.24, 2.45) is 0 Å². The van der Waals surface area contributed by atoms with Crippen LogP contribution in [-0.4, -0.2) is 20.8 Å². The topological polar surface area (TPSA) is 82.2 Å². The maximum absolute atomic E-state index is 12.9. The average molecular weight is 495 g/mol. The van der Waals surface area contributed by atoms with Crippen molar-refractivity contribution in [1.82, 2.24) is 14.9 Å². The molecule has 0 saturated carbocycles. The Morgan fingerprint density at radius 2 is 1.72 bits per heavy atom. The third-order valence-corrected chi connectivity index (χ3v) is 5.60. The number of halogens is 1. The van der Waals surface area contributed by atoms with Crippen molar-refractivity contribution in [2.45, 2.75) is 33.9 Å². The van der Waals surface area contributed by atoms with E-state index in [-0.39, 0.29) is 12.3 Å². The summed E-state index contributed by atoms with van der Waals surface area (Å²) >= 11 is 3.47. The minimum atomic E-state index is -0.411. The number of amides is 1. The summed E-state index contributed by atoms with van der Waals surface area (Å²) in [6, 6.07) is 15.9. The Bertz CT molecular complexity index is 1230. The number of ether oxygens (including phenoxy) is 1. The molecule has 4 rings (SSSR count). The van der Waals surface area contributed by atoms with Crippen LogP contribution in [0.25, 0.3) is 0 Å². The lowest BCUT2D eigenvalue weighted by Crippen LogP contribution is -2.16. The SMILES string of the molecule is Cc1ccc(Cn2cc(Br)c(NC(=O)c3noc(C)c3COc3ccc(C)cc3)n2)cc1. The van der Waals surface area contributed by atoms with Crippen molar-refractivity contribution in [2.75, 3.05) is 5.32 Å². The Morgan fingerprint density at radius 3 is 2.41 bits per heavy atom. The number of benzene rings is 2. The summed E-state index contributed by atoms with van der Waals surface area (Å²) < 4.78 is 13.5. The van der Waals surface area contributed by atoms with Crippen molar-refractivity contribution < 1.29 is 14.1 Å². The van der Waals surface area contributed by atoms with Gasteiger partial charge >= 0.3 is 0 Å². The second kappa shape index (κ2) is 9.40. The second-order valence-corrected chi connectivity index (χ2v) is 8.48. The van der Waals surface area contributed by atoms with Crippen LogP contribution >= 0.6 is 15.9 Å². The summed E-state index contributed by atoms with van der Waals surface area (Å²) in [5, 5.41) is 11.2. The second-order valence-electron chi connectivity index (χ2n) is 7.63. The monoisotopic (exact) mass is 494 g/mol. The predicted molar refractivity (Wildman–Crippen MR) is 125 cm³/mol. The zero-order chi connectivity index (χ0) is 22.7. The molecule has 2 heterocycles. The number of rotatable bonds is 7. The van der Waals surface area contributed by atoms with E-state index in [4.69, 9.17) is 9.26 Å². The zero-order valence-electron chi connectivity index (χ0n) is 18.1. The van der Waals surface area contributed by atoms with E-state index < -0.39 is 5.91 Å². The highest BCUT2D eigenvalue weighted by molar-refractivity contribution is 9.10. The smallest absolute Gasteiger partial charge is 0.279 e. The molecule has 1 amide bonds. The molecule has 0 atom stereocenters. The molecular formula is C24H23BrN4O3. The fourth-order valence-electron chi connectivity index (χ4n) is 3.14. The van der Waals surface area contributed by atoms with Gasteiger partial charge in [0.2, 0.25) is 0 Å². The minimum absolute atomic E-state index is 0.171. The summed E-state index contributed by atoms with van der Waals surface area (Å²) in [6.45, 7) is 6.58. The Morgan fingerprint density at radius 1 is 1.06 bits per heavy atom. The third-order valence-electron chi connectivity index (χ3n) is 5.02. The predicted octanol–water partition coefficient (Wildman–Crippen LogP) is 5.44. The van der Waals surface area contributed by atoms with Crippen LogP contribution in [0.3, 0.4) is 0 Å². The molecule has 1 N–H and O–H groups in total. The number of aryl methyl sites for hydroxylation is 3. The van der Waals surface area contributed by atoms with Crippen molar-refractivity contribution in [3.8, 4) is 5.75 Å². The van der Waals surface area contributed by atoms with Gasteiger partial charge in [-0.25, -0.2) is 0 Å². The zero-order valence-corrected chi connectivity index (χ0v) is 19.6. The van der Waals surface area contributed by atoms with Gasteiger partial charge in [0.05, 0.1) is 16.6 Å². The lowest BCUT2D eigenvalue weighted by Gasteiger charge is -2.07. The van der Waals surface area contributed by atoms with Crippen molar-refractivity contribution >= 4 is 27.7 Å². The fraction of sp³-hybridized carbons (Fsp3) is 0.208. The van der Waals surface area contributed by atoms with Gasteiger partial charge in [0.25, 0.3) is 5.91 Å². The van der Waals surface area contributed by atoms with Gasteiger partial charge in [0.1, 0.15) is 18.1 Å². The molecule has 7 nitrogen and oxygen atoms in total. The van der Waals surface area contributed by atoms with Crippen LogP contribution < -0.4 is 10.1 Å². The Hall–Kier alpha value is -3.39. The molecule has 0 aliphatic heterocycles. The number of nitrogens with one attached hydrogen (secondary N) is 1. The lowest BCUT2D eigenvalue weighted by molar-refractivity contribution is 0.101. The van der Waals surface area contributed by atoms with Crippen LogP contribution in [0.2, 0.25) is 0 Å². The summed E-state index contributed by atoms with van der Waals surface area (Å²) in [6.07, 6.45) is 1.82. The molecule has 8 heteroatoms. The summed E-state index contributed by atoms with van der Waals surface area (Å²) in [7, 11) is 0. The number of carbonyl (C=O) groups excluding carboxylic acids is 1. The Labute approximate surface area is 194 Å². The molecule has 4 aromatic rings. The molecule has 2 aromatic heterocycles. The van der Waals surface area contributed by atoms with E-state index >= 15 is 0 Å². The van der Waals surface area contributed by atoms with E-state index in [2.05, 4.69) is 55.8 Å². The van der Waals surface area contributed by atoms with E-state index in [0.717, 1.165) is 11.1 Å². The molecule has 32 heavy (non-hydrogen) atoms. The first-order valence-corrected chi connectivity index (χ1v) is 10.9. The molecule has 0 aliphatic carbocycles. The molecular weight excluding hydrogens is 472 g/mol. The third kappa shape index (κ3) is 5.08. The van der Waals surface area contributed by atoms with Crippen LogP contribution in [0, 0.1) is 20.8 Å². The lowest BCUT2D eigenvalue weighted by atomic mass is 10.1. The molecule has 0 bridgehead atoms. The van der Waals surface area contributed by atoms with Crippen LogP contribution in [-0.2, 0) is 13.2 Å². The standard InChI is InChI=1S/C24H23BrN4O3/c1-15-4-8-18(9-5-15)12-29-13-21(25)23(27-29)26-24(30)22-20(17(3)32-28-22)14-31-19-10-6-16(2)7-11-19/h4-11,13H,12,14H2,1-3H3,(H,26,27,30). The first kappa shape index (κ1) is 21.8. The highest BCUT2D eigenvalue weighted by Crippen LogP contribution is 2.23. The van der Waals surface area contributed by atoms with E-state index in [1.165, 1.54) is 5.56 Å². The van der Waals surface area contributed by atoms with Gasteiger partial charge in [0, 0.05) is 6.20 Å². The van der Waals surface area contributed by atoms with Crippen LogP contribution in [0.4, 0.5) is 5.82 Å². The van der Waals surface area contributed by atoms with Gasteiger partial charge in [-0.15, -0.1) is 0 Å². The largest absolute Gasteiger partial charge is 0.489 e. The molecule has 0 aliphatic rings. The average Bonchev–Trinajstić information content (AvgIpc) is 3.31. The normalized spacial score (nSPS) is 10.9. The quantitative estimate of drug-likeness (QED) is 0.369. The summed E-state index contributed by atoms with van der Waals surface area (Å²) in [5.74, 6) is 1.24. The van der Waals surface area contributed by atoms with Gasteiger partial charge in [-0.3, -0.25) is 9.48 Å².